The highest BCUT2D eigenvalue weighted by Gasteiger charge is 2.15. The number of aromatic nitrogens is 1. The number of halogens is 2. The molecule has 5 heteroatoms. The van der Waals surface area contributed by atoms with Crippen LogP contribution in [0.25, 0.3) is 10.9 Å². The molecule has 0 amide bonds. The van der Waals surface area contributed by atoms with Gasteiger partial charge in [-0.15, -0.1) is 0 Å². The molecular formula is C11H9F2NO2. The van der Waals surface area contributed by atoms with Gasteiger partial charge in [0.2, 0.25) is 5.82 Å². The van der Waals surface area contributed by atoms with Crippen molar-refractivity contribution in [1.82, 2.24) is 4.98 Å². The maximum Gasteiger partial charge on any atom is 0.253 e. The highest BCUT2D eigenvalue weighted by molar-refractivity contribution is 5.81. The molecule has 0 fully saturated rings. The molecule has 0 atom stereocenters. The zero-order chi connectivity index (χ0) is 11.7. The number of hydrogen-bond donors (Lipinski definition) is 0. The van der Waals surface area contributed by atoms with Crippen molar-refractivity contribution < 1.29 is 18.3 Å². The molecule has 0 radical (unpaired) electrons. The Bertz CT molecular complexity index is 543. The summed E-state index contributed by atoms with van der Waals surface area (Å²) >= 11 is 0. The van der Waals surface area contributed by atoms with Gasteiger partial charge in [-0.3, -0.25) is 0 Å². The monoisotopic (exact) mass is 225 g/mol. The van der Waals surface area contributed by atoms with E-state index in [1.54, 1.807) is 6.07 Å². The fourth-order valence-electron chi connectivity index (χ4n) is 1.42. The van der Waals surface area contributed by atoms with Crippen LogP contribution in [0.2, 0.25) is 0 Å². The van der Waals surface area contributed by atoms with Gasteiger partial charge in [0.15, 0.2) is 5.82 Å². The molecule has 2 rings (SSSR count). The predicted octanol–water partition coefficient (Wildman–Crippen LogP) is 2.53. The third kappa shape index (κ3) is 1.54. The second-order valence-corrected chi connectivity index (χ2v) is 3.13. The van der Waals surface area contributed by atoms with E-state index in [1.807, 2.05) is 0 Å². The van der Waals surface area contributed by atoms with Crippen LogP contribution in [0.3, 0.4) is 0 Å². The van der Waals surface area contributed by atoms with Gasteiger partial charge in [-0.05, 0) is 12.1 Å². The van der Waals surface area contributed by atoms with Gasteiger partial charge in [0.05, 0.1) is 19.7 Å². The Labute approximate surface area is 90.6 Å². The van der Waals surface area contributed by atoms with Gasteiger partial charge < -0.3 is 9.47 Å². The molecule has 0 spiro atoms. The topological polar surface area (TPSA) is 31.4 Å². The van der Waals surface area contributed by atoms with Crippen molar-refractivity contribution >= 4 is 10.9 Å². The van der Waals surface area contributed by atoms with Crippen LogP contribution in [0.1, 0.15) is 0 Å². The fraction of sp³-hybridized carbons (Fsp3) is 0.182. The van der Waals surface area contributed by atoms with Crippen molar-refractivity contribution in [2.45, 2.75) is 0 Å². The van der Waals surface area contributed by atoms with E-state index in [1.165, 1.54) is 26.4 Å². The molecule has 0 saturated carbocycles. The van der Waals surface area contributed by atoms with Crippen molar-refractivity contribution in [3.05, 3.63) is 29.8 Å². The molecule has 0 unspecified atom stereocenters. The SMILES string of the molecule is COc1ccc2c(F)c(F)c(OC)nc2c1. The number of nitrogens with zero attached hydrogens (tertiary/aromatic N) is 1. The average molecular weight is 225 g/mol. The Morgan fingerprint density at radius 1 is 1.06 bits per heavy atom. The van der Waals surface area contributed by atoms with Crippen LogP contribution in [-0.4, -0.2) is 19.2 Å². The van der Waals surface area contributed by atoms with E-state index in [0.717, 1.165) is 0 Å². The molecule has 1 aromatic heterocycles. The van der Waals surface area contributed by atoms with Crippen molar-refractivity contribution in [1.29, 1.82) is 0 Å². The molecular weight excluding hydrogens is 216 g/mol. The van der Waals surface area contributed by atoms with Crippen molar-refractivity contribution in [3.8, 4) is 11.6 Å². The Morgan fingerprint density at radius 2 is 1.81 bits per heavy atom. The van der Waals surface area contributed by atoms with Crippen LogP contribution in [0, 0.1) is 11.6 Å². The zero-order valence-corrected chi connectivity index (χ0v) is 8.75. The number of pyridine rings is 1. The Kier molecular flexibility index (Phi) is 2.60. The molecule has 0 aliphatic heterocycles. The van der Waals surface area contributed by atoms with Gasteiger partial charge in [0, 0.05) is 11.5 Å². The molecule has 3 nitrogen and oxygen atoms in total. The summed E-state index contributed by atoms with van der Waals surface area (Å²) in [7, 11) is 2.72. The van der Waals surface area contributed by atoms with E-state index < -0.39 is 11.6 Å². The van der Waals surface area contributed by atoms with Crippen LogP contribution >= 0.6 is 0 Å². The Balaban J connectivity index is 2.76. The molecule has 84 valence electrons. The minimum Gasteiger partial charge on any atom is -0.497 e. The molecule has 0 aliphatic carbocycles. The zero-order valence-electron chi connectivity index (χ0n) is 8.75. The number of benzene rings is 1. The number of rotatable bonds is 2. The highest BCUT2D eigenvalue weighted by Crippen LogP contribution is 2.27. The first kappa shape index (κ1) is 10.6. The Morgan fingerprint density at radius 3 is 2.44 bits per heavy atom. The van der Waals surface area contributed by atoms with E-state index in [9.17, 15) is 8.78 Å². The highest BCUT2D eigenvalue weighted by atomic mass is 19.2. The fourth-order valence-corrected chi connectivity index (χ4v) is 1.42. The molecule has 1 heterocycles. The lowest BCUT2D eigenvalue weighted by Gasteiger charge is -2.06. The number of ether oxygens (including phenoxy) is 2. The lowest BCUT2D eigenvalue weighted by molar-refractivity contribution is 0.358. The summed E-state index contributed by atoms with van der Waals surface area (Å²) in [6.07, 6.45) is 0. The third-order valence-electron chi connectivity index (χ3n) is 2.24. The quantitative estimate of drug-likeness (QED) is 0.787. The van der Waals surface area contributed by atoms with Gasteiger partial charge in [0.1, 0.15) is 5.75 Å². The van der Waals surface area contributed by atoms with E-state index in [4.69, 9.17) is 4.74 Å². The third-order valence-corrected chi connectivity index (χ3v) is 2.24. The number of hydrogen-bond acceptors (Lipinski definition) is 3. The summed E-state index contributed by atoms with van der Waals surface area (Å²) in [6, 6.07) is 4.47. The second kappa shape index (κ2) is 3.92. The smallest absolute Gasteiger partial charge is 0.253 e. The average Bonchev–Trinajstić information content (AvgIpc) is 2.33. The predicted molar refractivity (Wildman–Crippen MR) is 54.8 cm³/mol. The van der Waals surface area contributed by atoms with Crippen LogP contribution < -0.4 is 9.47 Å². The first-order valence-corrected chi connectivity index (χ1v) is 4.54. The van der Waals surface area contributed by atoms with E-state index in [-0.39, 0.29) is 16.8 Å². The second-order valence-electron chi connectivity index (χ2n) is 3.13. The molecule has 16 heavy (non-hydrogen) atoms. The summed E-state index contributed by atoms with van der Waals surface area (Å²) in [5.41, 5.74) is 0.287. The molecule has 0 N–H and O–H groups in total. The minimum atomic E-state index is -1.08. The Hall–Kier alpha value is -1.91. The molecule has 0 bridgehead atoms. The van der Waals surface area contributed by atoms with Crippen molar-refractivity contribution in [2.75, 3.05) is 14.2 Å². The maximum atomic E-state index is 13.5. The summed E-state index contributed by atoms with van der Waals surface area (Å²) < 4.78 is 36.5. The lowest BCUT2D eigenvalue weighted by Crippen LogP contribution is -1.97. The molecule has 1 aromatic carbocycles. The minimum absolute atomic E-state index is 0.0964. The van der Waals surface area contributed by atoms with E-state index >= 15 is 0 Å². The largest absolute Gasteiger partial charge is 0.497 e. The van der Waals surface area contributed by atoms with Gasteiger partial charge in [-0.1, -0.05) is 0 Å². The van der Waals surface area contributed by atoms with Crippen LogP contribution in [0.4, 0.5) is 8.78 Å². The summed E-state index contributed by atoms with van der Waals surface area (Å²) in [4.78, 5) is 3.85. The van der Waals surface area contributed by atoms with Gasteiger partial charge in [-0.2, -0.15) is 4.39 Å². The number of methoxy groups -OCH3 is 2. The van der Waals surface area contributed by atoms with Crippen LogP contribution in [-0.2, 0) is 0 Å². The standard InChI is InChI=1S/C11H9F2NO2/c1-15-6-3-4-7-8(5-6)14-11(16-2)10(13)9(7)12/h3-5H,1-2H3. The maximum absolute atomic E-state index is 13.5. The van der Waals surface area contributed by atoms with Gasteiger partial charge in [-0.25, -0.2) is 9.37 Å². The number of fused-ring (bicyclic) bond motifs is 1. The summed E-state index contributed by atoms with van der Waals surface area (Å²) in [6.45, 7) is 0. The summed E-state index contributed by atoms with van der Waals surface area (Å²) in [5, 5.41) is 0.0964. The first-order chi connectivity index (χ1) is 7.67. The van der Waals surface area contributed by atoms with Crippen LogP contribution in [0.15, 0.2) is 18.2 Å². The molecule has 0 aliphatic rings. The van der Waals surface area contributed by atoms with Crippen molar-refractivity contribution in [2.24, 2.45) is 0 Å². The normalized spacial score (nSPS) is 10.5. The van der Waals surface area contributed by atoms with Gasteiger partial charge in [0.25, 0.3) is 5.88 Å². The van der Waals surface area contributed by atoms with Gasteiger partial charge >= 0.3 is 0 Å². The van der Waals surface area contributed by atoms with E-state index in [2.05, 4.69) is 9.72 Å². The lowest BCUT2D eigenvalue weighted by atomic mass is 10.2. The first-order valence-electron chi connectivity index (χ1n) is 4.54. The molecule has 0 saturated heterocycles. The van der Waals surface area contributed by atoms with Crippen molar-refractivity contribution in [3.63, 3.8) is 0 Å². The summed E-state index contributed by atoms with van der Waals surface area (Å²) in [5.74, 6) is -1.89. The van der Waals surface area contributed by atoms with E-state index in [0.29, 0.717) is 5.75 Å². The van der Waals surface area contributed by atoms with Crippen LogP contribution in [0.5, 0.6) is 11.6 Å². The molecule has 2 aromatic rings.